The molecular formula is C29H38N2O4S. The first-order valence-corrected chi connectivity index (χ1v) is 13.8. The predicted octanol–water partition coefficient (Wildman–Crippen LogP) is 5.65. The lowest BCUT2D eigenvalue weighted by atomic mass is 9.84. The van der Waals surface area contributed by atoms with Gasteiger partial charge in [-0.3, -0.25) is 9.69 Å². The molecule has 0 unspecified atom stereocenters. The lowest BCUT2D eigenvalue weighted by molar-refractivity contribution is -0.140. The molecule has 0 aliphatic carbocycles. The first kappa shape index (κ1) is 26.4. The van der Waals surface area contributed by atoms with Gasteiger partial charge in [0, 0.05) is 40.0 Å². The number of benzene rings is 1. The molecule has 1 amide bonds. The Labute approximate surface area is 218 Å². The Kier molecular flexibility index (Phi) is 8.20. The van der Waals surface area contributed by atoms with E-state index < -0.39 is 5.97 Å². The zero-order valence-corrected chi connectivity index (χ0v) is 23.0. The van der Waals surface area contributed by atoms with E-state index in [1.807, 2.05) is 32.9 Å². The van der Waals surface area contributed by atoms with Crippen LogP contribution in [-0.2, 0) is 14.9 Å². The molecule has 36 heavy (non-hydrogen) atoms. The van der Waals surface area contributed by atoms with Crippen molar-refractivity contribution in [3.8, 4) is 5.75 Å². The van der Waals surface area contributed by atoms with E-state index in [1.54, 1.807) is 34.6 Å². The Morgan fingerprint density at radius 3 is 2.44 bits per heavy atom. The smallest absolute Gasteiger partial charge is 0.341 e. The largest absolute Gasteiger partial charge is 0.492 e. The van der Waals surface area contributed by atoms with Crippen molar-refractivity contribution in [3.63, 3.8) is 0 Å². The van der Waals surface area contributed by atoms with E-state index in [9.17, 15) is 9.59 Å². The molecule has 0 radical (unpaired) electrons. The van der Waals surface area contributed by atoms with Crippen molar-refractivity contribution in [2.75, 3.05) is 32.8 Å². The molecule has 6 nitrogen and oxygen atoms in total. The molecule has 3 heterocycles. The number of nitrogens with zero attached hydrogens (tertiary/aromatic N) is 2. The minimum absolute atomic E-state index is 0.148. The maximum atomic E-state index is 13.6. The van der Waals surface area contributed by atoms with Crippen LogP contribution < -0.4 is 4.74 Å². The van der Waals surface area contributed by atoms with E-state index in [0.29, 0.717) is 24.3 Å². The van der Waals surface area contributed by atoms with Crippen LogP contribution in [0.1, 0.15) is 72.6 Å². The number of aryl methyl sites for hydroxylation is 1. The van der Waals surface area contributed by atoms with Gasteiger partial charge in [0.15, 0.2) is 0 Å². The van der Waals surface area contributed by atoms with Crippen molar-refractivity contribution in [3.05, 3.63) is 57.4 Å². The zero-order valence-electron chi connectivity index (χ0n) is 22.1. The predicted molar refractivity (Wildman–Crippen MR) is 145 cm³/mol. The summed E-state index contributed by atoms with van der Waals surface area (Å²) >= 11 is 1.57. The van der Waals surface area contributed by atoms with Crippen LogP contribution in [0.4, 0.5) is 0 Å². The molecule has 1 aromatic heterocycles. The molecule has 2 aromatic rings. The third-order valence-corrected chi connectivity index (χ3v) is 7.81. The van der Waals surface area contributed by atoms with Gasteiger partial charge in [0.1, 0.15) is 12.4 Å². The lowest BCUT2D eigenvalue weighted by Gasteiger charge is -2.29. The number of esters is 1. The number of carbonyl (C=O) groups is 2. The number of likely N-dealkylation sites (tertiary alicyclic amines) is 1. The minimum Gasteiger partial charge on any atom is -0.492 e. The molecule has 7 heteroatoms. The van der Waals surface area contributed by atoms with Gasteiger partial charge >= 0.3 is 5.97 Å². The van der Waals surface area contributed by atoms with Crippen molar-refractivity contribution < 1.29 is 19.1 Å². The van der Waals surface area contributed by atoms with Crippen molar-refractivity contribution in [2.45, 2.75) is 65.4 Å². The second-order valence-electron chi connectivity index (χ2n) is 10.7. The number of piperidine rings is 1. The van der Waals surface area contributed by atoms with Crippen LogP contribution >= 0.6 is 11.3 Å². The van der Waals surface area contributed by atoms with Gasteiger partial charge in [0.2, 0.25) is 0 Å². The van der Waals surface area contributed by atoms with E-state index >= 15 is 0 Å². The second kappa shape index (κ2) is 11.2. The number of rotatable bonds is 7. The van der Waals surface area contributed by atoms with Gasteiger partial charge in [-0.15, -0.1) is 11.3 Å². The van der Waals surface area contributed by atoms with E-state index in [0.717, 1.165) is 40.7 Å². The highest BCUT2D eigenvalue weighted by Crippen LogP contribution is 2.41. The highest BCUT2D eigenvalue weighted by molar-refractivity contribution is 7.13. The molecule has 0 atom stereocenters. The summed E-state index contributed by atoms with van der Waals surface area (Å²) in [5, 5.41) is 0. The van der Waals surface area contributed by atoms with Gasteiger partial charge in [-0.1, -0.05) is 20.3 Å². The number of ether oxygens (including phenoxy) is 2. The fourth-order valence-corrected chi connectivity index (χ4v) is 6.07. The van der Waals surface area contributed by atoms with Gasteiger partial charge in [-0.2, -0.15) is 0 Å². The highest BCUT2D eigenvalue weighted by atomic mass is 32.1. The van der Waals surface area contributed by atoms with Crippen LogP contribution in [0.2, 0.25) is 0 Å². The van der Waals surface area contributed by atoms with Crippen molar-refractivity contribution in [2.24, 2.45) is 0 Å². The molecule has 1 aromatic carbocycles. The number of amides is 1. The minimum atomic E-state index is -0.402. The lowest BCUT2D eigenvalue weighted by Crippen LogP contribution is -2.36. The summed E-state index contributed by atoms with van der Waals surface area (Å²) < 4.78 is 11.5. The van der Waals surface area contributed by atoms with Gasteiger partial charge < -0.3 is 14.4 Å². The summed E-state index contributed by atoms with van der Waals surface area (Å²) in [6.07, 6.45) is 5.29. The molecule has 0 saturated carbocycles. The van der Waals surface area contributed by atoms with E-state index in [-0.39, 0.29) is 17.4 Å². The maximum absolute atomic E-state index is 13.6. The molecule has 0 N–H and O–H groups in total. The quantitative estimate of drug-likeness (QED) is 0.451. The number of fused-ring (bicyclic) bond motifs is 1. The average Bonchev–Trinajstić information content (AvgIpc) is 3.19. The zero-order chi connectivity index (χ0) is 25.9. The molecule has 1 fully saturated rings. The average molecular weight is 511 g/mol. The Balaban J connectivity index is 1.51. The number of hydrogen-bond donors (Lipinski definition) is 0. The first-order valence-electron chi connectivity index (χ1n) is 12.9. The van der Waals surface area contributed by atoms with E-state index in [4.69, 9.17) is 9.47 Å². The summed E-state index contributed by atoms with van der Waals surface area (Å²) in [6.45, 7) is 14.3. The van der Waals surface area contributed by atoms with Gasteiger partial charge in [0.05, 0.1) is 11.7 Å². The van der Waals surface area contributed by atoms with Gasteiger partial charge in [-0.25, -0.2) is 4.79 Å². The molecule has 1 saturated heterocycles. The molecule has 2 aliphatic heterocycles. The second-order valence-corrected chi connectivity index (χ2v) is 11.9. The number of hydrogen-bond acceptors (Lipinski definition) is 6. The summed E-state index contributed by atoms with van der Waals surface area (Å²) in [5.74, 6) is 0.208. The first-order chi connectivity index (χ1) is 17.1. The van der Waals surface area contributed by atoms with Crippen molar-refractivity contribution in [1.82, 2.24) is 9.80 Å². The third kappa shape index (κ3) is 6.19. The molecule has 0 spiro atoms. The maximum Gasteiger partial charge on any atom is 0.341 e. The Bertz CT molecular complexity index is 1110. The SMILES string of the molecule is Cc1cc2c(s1)C(C(=O)OC(C)C)=CN(C(=O)c1ccc(OCCN3CCCCC3)cc1)CC2(C)C. The highest BCUT2D eigenvalue weighted by Gasteiger charge is 2.36. The summed E-state index contributed by atoms with van der Waals surface area (Å²) in [5.41, 5.74) is 1.74. The van der Waals surface area contributed by atoms with E-state index in [2.05, 4.69) is 24.8 Å². The normalized spacial score (nSPS) is 17.8. The summed E-state index contributed by atoms with van der Waals surface area (Å²) in [4.78, 5) is 32.8. The van der Waals surface area contributed by atoms with Crippen LogP contribution in [0, 0.1) is 6.92 Å². The third-order valence-electron chi connectivity index (χ3n) is 6.73. The topological polar surface area (TPSA) is 59.1 Å². The summed E-state index contributed by atoms with van der Waals surface area (Å²) in [6, 6.07) is 9.43. The van der Waals surface area contributed by atoms with Crippen LogP contribution in [-0.4, -0.2) is 60.6 Å². The monoisotopic (exact) mass is 510 g/mol. The Morgan fingerprint density at radius 1 is 1.08 bits per heavy atom. The van der Waals surface area contributed by atoms with Crippen molar-refractivity contribution >= 4 is 28.8 Å². The number of carbonyl (C=O) groups excluding carboxylic acids is 2. The molecule has 194 valence electrons. The van der Waals surface area contributed by atoms with Crippen LogP contribution in [0.3, 0.4) is 0 Å². The summed E-state index contributed by atoms with van der Waals surface area (Å²) in [7, 11) is 0. The van der Waals surface area contributed by atoms with E-state index in [1.165, 1.54) is 19.3 Å². The molecular weight excluding hydrogens is 472 g/mol. The standard InChI is InChI=1S/C29H38N2O4S/c1-20(2)35-28(33)24-18-31(19-29(4,5)25-17-21(3)36-26(24)25)27(32)22-9-11-23(12-10-22)34-16-15-30-13-7-6-8-14-30/h9-12,17-18,20H,6-8,13-16,19H2,1-5H3. The Morgan fingerprint density at radius 2 is 1.78 bits per heavy atom. The fraction of sp³-hybridized carbons (Fsp3) is 0.517. The fourth-order valence-electron chi connectivity index (χ4n) is 4.88. The Hall–Kier alpha value is -2.64. The van der Waals surface area contributed by atoms with Crippen LogP contribution in [0.5, 0.6) is 5.75 Å². The molecule has 4 rings (SSSR count). The van der Waals surface area contributed by atoms with Gasteiger partial charge in [0.25, 0.3) is 5.91 Å². The molecule has 0 bridgehead atoms. The van der Waals surface area contributed by atoms with Crippen LogP contribution in [0.25, 0.3) is 5.57 Å². The van der Waals surface area contributed by atoms with Gasteiger partial charge in [-0.05, 0) is 82.6 Å². The van der Waals surface area contributed by atoms with Crippen LogP contribution in [0.15, 0.2) is 36.5 Å². The number of thiophene rings is 1. The van der Waals surface area contributed by atoms with Crippen molar-refractivity contribution in [1.29, 1.82) is 0 Å². The molecule has 2 aliphatic rings.